The van der Waals surface area contributed by atoms with E-state index in [1.807, 2.05) is 22.7 Å². The van der Waals surface area contributed by atoms with Crippen molar-refractivity contribution in [2.45, 2.75) is 18.5 Å². The average molecular weight is 696 g/mol. The number of hydrogen-bond donors (Lipinski definition) is 3. The highest BCUT2D eigenvalue weighted by Gasteiger charge is 2.37. The molecular formula is C45H33N3OS2+2. The molecule has 4 heterocycles. The van der Waals surface area contributed by atoms with Gasteiger partial charge in [0.1, 0.15) is 11.2 Å². The van der Waals surface area contributed by atoms with E-state index in [1.54, 1.807) is 0 Å². The van der Waals surface area contributed by atoms with Crippen molar-refractivity contribution in [3.8, 4) is 11.1 Å². The van der Waals surface area contributed by atoms with Crippen LogP contribution in [0, 0.1) is 0 Å². The van der Waals surface area contributed by atoms with Gasteiger partial charge in [0.05, 0.1) is 5.56 Å². The molecule has 1 fully saturated rings. The van der Waals surface area contributed by atoms with Crippen LogP contribution >= 0.6 is 22.7 Å². The molecule has 3 aromatic heterocycles. The lowest BCUT2D eigenvalue weighted by Gasteiger charge is -2.33. The number of nitrogens with one attached hydrogen (secondary N) is 1. The molecule has 3 unspecified atom stereocenters. The number of hydrogen-bond acceptors (Lipinski definition) is 4. The summed E-state index contributed by atoms with van der Waals surface area (Å²) in [5, 5.41) is 16.5. The zero-order valence-electron chi connectivity index (χ0n) is 27.5. The largest absolute Gasteiger partial charge is 0.456 e. The van der Waals surface area contributed by atoms with E-state index in [-0.39, 0.29) is 18.5 Å². The van der Waals surface area contributed by atoms with Gasteiger partial charge in [-0.1, -0.05) is 91.0 Å². The van der Waals surface area contributed by atoms with Crippen LogP contribution in [-0.2, 0) is 0 Å². The molecule has 3 atom stereocenters. The Morgan fingerprint density at radius 3 is 1.92 bits per heavy atom. The summed E-state index contributed by atoms with van der Waals surface area (Å²) in [5.41, 5.74) is 8.15. The fourth-order valence-corrected chi connectivity index (χ4v) is 10.5. The summed E-state index contributed by atoms with van der Waals surface area (Å²) in [4.78, 5) is 0. The molecule has 7 aromatic carbocycles. The van der Waals surface area contributed by atoms with E-state index >= 15 is 0 Å². The highest BCUT2D eigenvalue weighted by atomic mass is 32.1. The number of quaternary nitrogens is 2. The van der Waals surface area contributed by atoms with Crippen LogP contribution in [0.25, 0.3) is 73.4 Å². The molecule has 244 valence electrons. The minimum Gasteiger partial charge on any atom is -0.456 e. The van der Waals surface area contributed by atoms with E-state index in [2.05, 4.69) is 168 Å². The molecule has 1 aliphatic heterocycles. The van der Waals surface area contributed by atoms with Gasteiger partial charge >= 0.3 is 0 Å². The van der Waals surface area contributed by atoms with Crippen LogP contribution in [0.3, 0.4) is 0 Å². The molecule has 6 heteroatoms. The topological polar surface area (TPSA) is 58.4 Å². The van der Waals surface area contributed by atoms with Gasteiger partial charge < -0.3 is 4.42 Å². The Balaban J connectivity index is 1.01. The van der Waals surface area contributed by atoms with E-state index in [0.717, 1.165) is 21.9 Å². The Hall–Kier alpha value is -5.34. The quantitative estimate of drug-likeness (QED) is 0.172. The molecule has 0 radical (unpaired) electrons. The van der Waals surface area contributed by atoms with Crippen molar-refractivity contribution in [3.63, 3.8) is 0 Å². The lowest BCUT2D eigenvalue weighted by atomic mass is 9.99. The molecule has 0 aliphatic carbocycles. The molecular weight excluding hydrogens is 663 g/mol. The summed E-state index contributed by atoms with van der Waals surface area (Å²) in [6.07, 6.45) is 0.325. The van der Waals surface area contributed by atoms with Crippen molar-refractivity contribution in [1.82, 2.24) is 5.32 Å². The Kier molecular flexibility index (Phi) is 6.69. The molecule has 0 spiro atoms. The number of furan rings is 1. The summed E-state index contributed by atoms with van der Waals surface area (Å²) in [6, 6.07) is 55.5. The summed E-state index contributed by atoms with van der Waals surface area (Å²) in [7, 11) is 0. The van der Waals surface area contributed by atoms with Crippen molar-refractivity contribution >= 4 is 85.0 Å². The number of rotatable bonds is 4. The van der Waals surface area contributed by atoms with E-state index in [1.165, 1.54) is 68.2 Å². The normalized spacial score (nSPS) is 18.2. The minimum absolute atomic E-state index is 0.0463. The van der Waals surface area contributed by atoms with Gasteiger partial charge in [0.2, 0.25) is 6.17 Å². The molecule has 0 saturated carbocycles. The monoisotopic (exact) mass is 695 g/mol. The van der Waals surface area contributed by atoms with Crippen LogP contribution < -0.4 is 16.0 Å². The fraction of sp³-hybridized carbons (Fsp3) is 0.0667. The van der Waals surface area contributed by atoms with Gasteiger partial charge in [0.25, 0.3) is 0 Å². The van der Waals surface area contributed by atoms with Crippen LogP contribution in [0.1, 0.15) is 35.2 Å². The van der Waals surface area contributed by atoms with Crippen LogP contribution in [0.5, 0.6) is 0 Å². The second-order valence-corrected chi connectivity index (χ2v) is 15.8. The molecule has 1 saturated heterocycles. The van der Waals surface area contributed by atoms with Gasteiger partial charge in [0.15, 0.2) is 12.3 Å². The van der Waals surface area contributed by atoms with Gasteiger partial charge in [0, 0.05) is 62.2 Å². The third-order valence-corrected chi connectivity index (χ3v) is 13.0. The number of benzene rings is 7. The van der Waals surface area contributed by atoms with E-state index in [0.29, 0.717) is 0 Å². The highest BCUT2D eigenvalue weighted by molar-refractivity contribution is 7.26. The maximum absolute atomic E-state index is 6.44. The third kappa shape index (κ3) is 4.83. The van der Waals surface area contributed by atoms with Crippen molar-refractivity contribution in [3.05, 3.63) is 168 Å². The second-order valence-electron chi connectivity index (χ2n) is 13.6. The Morgan fingerprint density at radius 1 is 0.451 bits per heavy atom. The first-order valence-corrected chi connectivity index (χ1v) is 19.2. The van der Waals surface area contributed by atoms with Gasteiger partial charge in [-0.05, 0) is 71.8 Å². The first kappa shape index (κ1) is 29.4. The number of nitrogens with two attached hydrogens (primary N) is 2. The lowest BCUT2D eigenvalue weighted by molar-refractivity contribution is -0.975. The Morgan fingerprint density at radius 2 is 1.08 bits per heavy atom. The first-order chi connectivity index (χ1) is 25.2. The van der Waals surface area contributed by atoms with Gasteiger partial charge in [-0.3, -0.25) is 10.6 Å². The van der Waals surface area contributed by atoms with Gasteiger partial charge in [-0.25, -0.2) is 5.32 Å². The van der Waals surface area contributed by atoms with E-state index in [4.69, 9.17) is 4.42 Å². The lowest BCUT2D eigenvalue weighted by Crippen LogP contribution is -3.12. The number of fused-ring (bicyclic) bond motifs is 9. The van der Waals surface area contributed by atoms with Crippen LogP contribution in [-0.4, -0.2) is 0 Å². The van der Waals surface area contributed by atoms with Crippen molar-refractivity contribution in [2.75, 3.05) is 0 Å². The molecule has 51 heavy (non-hydrogen) atoms. The van der Waals surface area contributed by atoms with Gasteiger partial charge in [-0.2, -0.15) is 0 Å². The van der Waals surface area contributed by atoms with Crippen LogP contribution in [0.2, 0.25) is 0 Å². The average Bonchev–Trinajstić information content (AvgIpc) is 3.88. The molecule has 10 aromatic rings. The Bertz CT molecular complexity index is 2940. The molecule has 0 amide bonds. The summed E-state index contributed by atoms with van der Waals surface area (Å²) in [6.45, 7) is 0. The van der Waals surface area contributed by atoms with Crippen molar-refractivity contribution in [1.29, 1.82) is 0 Å². The zero-order valence-corrected chi connectivity index (χ0v) is 29.2. The first-order valence-electron chi connectivity index (χ1n) is 17.5. The standard InChI is InChI=1S/C45H31N3OS2/c1-2-9-26(10-3-1)43-46-44(48-45(47-43)29-19-22-41-36(25-29)32-12-5-6-15-39(32)50-41)28-18-21-38-35(24-28)34-23-27(17-20-37(34)49-38)30-13-8-14-33-31-11-4-7-16-40(31)51-42(30)33/h1-25,43-48H/p+2. The molecule has 4 nitrogen and oxygen atoms in total. The SMILES string of the molecule is c1ccc(C2NC(c3ccc4oc5ccc(-c6cccc7c6sc6ccccc67)cc5c4c3)[NH2+]C(c3ccc4sc5ccccc5c4c3)[NH2+]2)cc1. The molecule has 1 aliphatic rings. The molecule has 11 rings (SSSR count). The smallest absolute Gasteiger partial charge is 0.240 e. The summed E-state index contributed by atoms with van der Waals surface area (Å²) >= 11 is 3.75. The minimum atomic E-state index is 0.0463. The van der Waals surface area contributed by atoms with Crippen molar-refractivity contribution < 1.29 is 15.1 Å². The van der Waals surface area contributed by atoms with Gasteiger partial charge in [-0.15, -0.1) is 22.7 Å². The maximum atomic E-state index is 6.44. The van der Waals surface area contributed by atoms with Crippen LogP contribution in [0.4, 0.5) is 0 Å². The third-order valence-electron chi connectivity index (χ3n) is 10.7. The molecule has 0 bridgehead atoms. The summed E-state index contributed by atoms with van der Waals surface area (Å²) < 4.78 is 11.8. The van der Waals surface area contributed by atoms with E-state index < -0.39 is 0 Å². The maximum Gasteiger partial charge on any atom is 0.240 e. The number of thiophene rings is 2. The van der Waals surface area contributed by atoms with E-state index in [9.17, 15) is 0 Å². The summed E-state index contributed by atoms with van der Waals surface area (Å²) in [5.74, 6) is 0. The van der Waals surface area contributed by atoms with Crippen LogP contribution in [0.15, 0.2) is 156 Å². The van der Waals surface area contributed by atoms with Crippen molar-refractivity contribution in [2.24, 2.45) is 0 Å². The zero-order chi connectivity index (χ0) is 33.5. The second kappa shape index (κ2) is 11.6. The fourth-order valence-electron chi connectivity index (χ4n) is 8.16. The highest BCUT2D eigenvalue weighted by Crippen LogP contribution is 2.42. The predicted molar refractivity (Wildman–Crippen MR) is 213 cm³/mol. The Labute approximate surface area is 302 Å². The predicted octanol–water partition coefficient (Wildman–Crippen LogP) is 10.1. The molecule has 5 N–H and O–H groups in total.